The zero-order valence-electron chi connectivity index (χ0n) is 18.3. The van der Waals surface area contributed by atoms with Crippen LogP contribution in [0, 0.1) is 0 Å². The molecule has 2 heterocycles. The summed E-state index contributed by atoms with van der Waals surface area (Å²) in [6, 6.07) is 15.5. The number of fused-ring (bicyclic) bond motifs is 1. The van der Waals surface area contributed by atoms with Gasteiger partial charge < -0.3 is 19.5 Å². The van der Waals surface area contributed by atoms with Gasteiger partial charge in [-0.25, -0.2) is 4.79 Å². The van der Waals surface area contributed by atoms with Crippen LogP contribution in [0.4, 0.5) is 0 Å². The second-order valence-electron chi connectivity index (χ2n) is 7.61. The van der Waals surface area contributed by atoms with E-state index in [4.69, 9.17) is 14.2 Å². The summed E-state index contributed by atoms with van der Waals surface area (Å²) < 4.78 is 16.0. The van der Waals surface area contributed by atoms with Gasteiger partial charge in [0.15, 0.2) is 6.61 Å². The monoisotopic (exact) mass is 468 g/mol. The van der Waals surface area contributed by atoms with Gasteiger partial charge in [-0.2, -0.15) is 0 Å². The summed E-state index contributed by atoms with van der Waals surface area (Å²) in [6.07, 6.45) is 0. The molecule has 4 rings (SSSR count). The number of rotatable bonds is 8. The van der Waals surface area contributed by atoms with E-state index in [9.17, 15) is 14.4 Å². The van der Waals surface area contributed by atoms with E-state index >= 15 is 0 Å². The van der Waals surface area contributed by atoms with Crippen LogP contribution in [0.1, 0.15) is 12.5 Å². The number of esters is 1. The number of carbonyl (C=O) groups is 3. The maximum atomic E-state index is 12.8. The average molecular weight is 469 g/mol. The molecular formula is C24H24N2O6S. The Hall–Kier alpha value is -3.46. The number of hydrogen-bond acceptors (Lipinski definition) is 7. The maximum Gasteiger partial charge on any atom is 0.355 e. The van der Waals surface area contributed by atoms with Gasteiger partial charge in [-0.15, -0.1) is 11.8 Å². The predicted molar refractivity (Wildman–Crippen MR) is 122 cm³/mol. The molecular weight excluding hydrogens is 444 g/mol. The Balaban J connectivity index is 1.32. The number of carbonyl (C=O) groups excluding carboxylic acids is 3. The lowest BCUT2D eigenvalue weighted by atomic mass is 10.0. The largest absolute Gasteiger partial charge is 0.497 e. The Morgan fingerprint density at radius 3 is 2.48 bits per heavy atom. The summed E-state index contributed by atoms with van der Waals surface area (Å²) in [5.41, 5.74) is 1.90. The van der Waals surface area contributed by atoms with Crippen LogP contribution >= 0.6 is 11.8 Å². The second kappa shape index (κ2) is 9.99. The number of hydrogen-bond donors (Lipinski definition) is 1. The second-order valence-corrected chi connectivity index (χ2v) is 8.71. The number of amides is 2. The third-order valence-corrected chi connectivity index (χ3v) is 6.74. The maximum absolute atomic E-state index is 12.8. The van der Waals surface area contributed by atoms with Gasteiger partial charge in [0.25, 0.3) is 11.8 Å². The van der Waals surface area contributed by atoms with E-state index in [1.807, 2.05) is 37.3 Å². The molecule has 2 amide bonds. The van der Waals surface area contributed by atoms with Crippen LogP contribution in [0.15, 0.2) is 65.9 Å². The van der Waals surface area contributed by atoms with Crippen molar-refractivity contribution in [2.75, 3.05) is 19.5 Å². The van der Waals surface area contributed by atoms with Crippen molar-refractivity contribution in [3.8, 4) is 11.5 Å². The van der Waals surface area contributed by atoms with Crippen LogP contribution in [-0.4, -0.2) is 53.6 Å². The zero-order chi connectivity index (χ0) is 23.4. The van der Waals surface area contributed by atoms with E-state index in [-0.39, 0.29) is 30.2 Å². The van der Waals surface area contributed by atoms with E-state index in [2.05, 4.69) is 5.32 Å². The van der Waals surface area contributed by atoms with Gasteiger partial charge in [-0.05, 0) is 42.3 Å². The Morgan fingerprint density at radius 1 is 1.09 bits per heavy atom. The topological polar surface area (TPSA) is 94.2 Å². The summed E-state index contributed by atoms with van der Waals surface area (Å²) in [5, 5.41) is 2.36. The Morgan fingerprint density at radius 2 is 1.79 bits per heavy atom. The molecule has 0 spiro atoms. The predicted octanol–water partition coefficient (Wildman–Crippen LogP) is 2.49. The van der Waals surface area contributed by atoms with Gasteiger partial charge in [-0.1, -0.05) is 30.3 Å². The van der Waals surface area contributed by atoms with Crippen molar-refractivity contribution in [3.05, 3.63) is 71.4 Å². The number of benzene rings is 2. The van der Waals surface area contributed by atoms with E-state index in [0.717, 1.165) is 11.1 Å². The third kappa shape index (κ3) is 4.98. The molecule has 2 atom stereocenters. The molecule has 172 valence electrons. The lowest BCUT2D eigenvalue weighted by Gasteiger charge is -2.49. The van der Waals surface area contributed by atoms with Crippen LogP contribution in [-0.2, 0) is 25.7 Å². The van der Waals surface area contributed by atoms with E-state index in [1.54, 1.807) is 31.4 Å². The van der Waals surface area contributed by atoms with Gasteiger partial charge in [-0.3, -0.25) is 14.5 Å². The molecule has 1 fully saturated rings. The highest BCUT2D eigenvalue weighted by Crippen LogP contribution is 2.40. The van der Waals surface area contributed by atoms with Crippen LogP contribution < -0.4 is 14.8 Å². The molecule has 0 aromatic heterocycles. The van der Waals surface area contributed by atoms with Crippen LogP contribution in [0.5, 0.6) is 11.5 Å². The number of β-lactam (4-membered cyclic amide) rings is 1. The fourth-order valence-electron chi connectivity index (χ4n) is 3.59. The van der Waals surface area contributed by atoms with Gasteiger partial charge in [0.05, 0.1) is 7.11 Å². The fourth-order valence-corrected chi connectivity index (χ4v) is 4.88. The molecule has 0 radical (unpaired) electrons. The lowest BCUT2D eigenvalue weighted by Crippen LogP contribution is -2.70. The van der Waals surface area contributed by atoms with Crippen molar-refractivity contribution in [1.82, 2.24) is 10.2 Å². The summed E-state index contributed by atoms with van der Waals surface area (Å²) >= 11 is 1.50. The average Bonchev–Trinajstić information content (AvgIpc) is 2.85. The minimum Gasteiger partial charge on any atom is -0.497 e. The number of methoxy groups -OCH3 is 1. The van der Waals surface area contributed by atoms with Crippen LogP contribution in [0.3, 0.4) is 0 Å². The smallest absolute Gasteiger partial charge is 0.355 e. The third-order valence-electron chi connectivity index (χ3n) is 5.31. The number of nitrogens with one attached hydrogen (secondary N) is 1. The Bertz CT molecular complexity index is 1070. The molecule has 1 N–H and O–H groups in total. The number of thioether (sulfide) groups is 1. The van der Waals surface area contributed by atoms with E-state index < -0.39 is 17.9 Å². The molecule has 33 heavy (non-hydrogen) atoms. The quantitative estimate of drug-likeness (QED) is 0.470. The minimum atomic E-state index is -0.716. The molecule has 0 unspecified atom stereocenters. The van der Waals surface area contributed by atoms with Gasteiger partial charge in [0.2, 0.25) is 0 Å². The highest BCUT2D eigenvalue weighted by Gasteiger charge is 2.54. The van der Waals surface area contributed by atoms with E-state index in [1.165, 1.54) is 16.7 Å². The molecule has 8 nitrogen and oxygen atoms in total. The molecule has 2 aliphatic heterocycles. The first-order valence-electron chi connectivity index (χ1n) is 10.4. The fraction of sp³-hybridized carbons (Fsp3) is 0.292. The van der Waals surface area contributed by atoms with Crippen molar-refractivity contribution >= 4 is 29.5 Å². The zero-order valence-corrected chi connectivity index (χ0v) is 19.1. The lowest BCUT2D eigenvalue weighted by molar-refractivity contribution is -0.153. The Labute approximate surface area is 195 Å². The number of ether oxygens (including phenoxy) is 3. The summed E-state index contributed by atoms with van der Waals surface area (Å²) in [6.45, 7) is 1.71. The molecule has 2 aromatic rings. The standard InChI is InChI=1S/C24H24N2O6S/c1-15-14-33-23-20(25-19(27)13-31-18-10-8-17(30-2)9-11-18)22(28)26(23)21(15)24(29)32-12-16-6-4-3-5-7-16/h3-11,20,23H,12-14H2,1-2H3,(H,25,27)/t20-,23-/m1/s1. The van der Waals surface area contributed by atoms with Crippen molar-refractivity contribution in [1.29, 1.82) is 0 Å². The van der Waals surface area contributed by atoms with Gasteiger partial charge >= 0.3 is 5.97 Å². The Kier molecular flexibility index (Phi) is 6.88. The first kappa shape index (κ1) is 22.7. The molecule has 9 heteroatoms. The van der Waals surface area contributed by atoms with Crippen LogP contribution in [0.2, 0.25) is 0 Å². The molecule has 0 bridgehead atoms. The first-order chi connectivity index (χ1) is 16.0. The highest BCUT2D eigenvalue weighted by molar-refractivity contribution is 8.00. The first-order valence-corrected chi connectivity index (χ1v) is 11.4. The van der Waals surface area contributed by atoms with Crippen molar-refractivity contribution in [2.45, 2.75) is 24.9 Å². The van der Waals surface area contributed by atoms with Crippen molar-refractivity contribution in [3.63, 3.8) is 0 Å². The van der Waals surface area contributed by atoms with Crippen LogP contribution in [0.25, 0.3) is 0 Å². The molecule has 2 aliphatic rings. The molecule has 1 saturated heterocycles. The van der Waals surface area contributed by atoms with Gasteiger partial charge in [0.1, 0.15) is 35.2 Å². The molecule has 2 aromatic carbocycles. The molecule has 0 aliphatic carbocycles. The minimum absolute atomic E-state index is 0.124. The van der Waals surface area contributed by atoms with Crippen molar-refractivity contribution < 1.29 is 28.6 Å². The number of nitrogens with zero attached hydrogens (tertiary/aromatic N) is 1. The summed E-state index contributed by atoms with van der Waals surface area (Å²) in [4.78, 5) is 39.3. The highest BCUT2D eigenvalue weighted by atomic mass is 32.2. The summed E-state index contributed by atoms with van der Waals surface area (Å²) in [7, 11) is 1.57. The SMILES string of the molecule is COc1ccc(OCC(=O)N[C@@H]2C(=O)N3C(C(=O)OCc4ccccc4)=C(C)CS[C@H]23)cc1. The molecule has 0 saturated carbocycles. The normalized spacial score (nSPS) is 19.3. The van der Waals surface area contributed by atoms with E-state index in [0.29, 0.717) is 17.3 Å². The summed E-state index contributed by atoms with van der Waals surface area (Å²) in [5.74, 6) is 0.477. The van der Waals surface area contributed by atoms with Gasteiger partial charge in [0, 0.05) is 5.75 Å². The van der Waals surface area contributed by atoms with Crippen molar-refractivity contribution in [2.24, 2.45) is 0 Å².